The minimum absolute atomic E-state index is 0.230. The van der Waals surface area contributed by atoms with Crippen LogP contribution in [0.3, 0.4) is 0 Å². The molecule has 25 saturated heterocycles. The van der Waals surface area contributed by atoms with Crippen molar-refractivity contribution in [2.75, 3.05) is 39.6 Å². The van der Waals surface area contributed by atoms with E-state index in [1.165, 1.54) is 0 Å². The number of hydrogen-bond acceptors (Lipinski definition) is 29. The Hall–Kier alpha value is -1.55. The van der Waals surface area contributed by atoms with Gasteiger partial charge in [-0.05, 0) is 12.1 Å². The Morgan fingerprint density at radius 2 is 0.662 bits per heavy atom. The SMILES string of the molecule is OC[C@H]1O[C@@H]2O[C@H]3[C@H](O)[C@@H](O)[C@@H](O[C@H]4[C@@H]5OC[C@H]4O[C@H](O[C@H]4[C@H](O)[C@@H](O)[C@@H](O[C@H]6[C@H](O)[C@@H](O)[C@@H](O[C@H]7[C@@H](Sc8ccccc8)[C@H](O)[C@@H](O[C@H]1[C@H](O)[C@H]2O)O[C@@H]7CO)O[C@@H]6CO)O[C@@H]4CO)[C@@H]5O)O[C@@H]3CO. The van der Waals surface area contributed by atoms with E-state index in [1.54, 1.807) is 30.3 Å². The second kappa shape index (κ2) is 23.0. The zero-order valence-electron chi connectivity index (χ0n) is 37.4. The van der Waals surface area contributed by atoms with Gasteiger partial charge in [0.25, 0.3) is 0 Å². The smallest absolute Gasteiger partial charge is 0.187 e. The average molecular weight is 1050 g/mol. The predicted octanol–water partition coefficient (Wildman–Crippen LogP) is -9.21. The van der Waals surface area contributed by atoms with Crippen LogP contribution in [0.25, 0.3) is 0 Å². The third-order valence-corrected chi connectivity index (χ3v) is 15.3. The van der Waals surface area contributed by atoms with Crippen LogP contribution in [0.4, 0.5) is 0 Å². The third kappa shape index (κ3) is 10.5. The monoisotopic (exact) mass is 1050 g/mol. The fourth-order valence-electron chi connectivity index (χ4n) is 10.1. The van der Waals surface area contributed by atoms with E-state index in [4.69, 9.17) is 61.6 Å². The van der Waals surface area contributed by atoms with Gasteiger partial charge in [0.1, 0.15) is 140 Å². The van der Waals surface area contributed by atoms with Gasteiger partial charge in [0.2, 0.25) is 0 Å². The van der Waals surface area contributed by atoms with Crippen LogP contribution < -0.4 is 0 Å². The number of hydrogen-bond donors (Lipinski definition) is 15. The first-order valence-electron chi connectivity index (χ1n) is 23.1. The molecule has 0 spiro atoms. The number of thioether (sulfide) groups is 1. The highest BCUT2D eigenvalue weighted by Gasteiger charge is 2.60. The van der Waals surface area contributed by atoms with Gasteiger partial charge in [0.05, 0.1) is 44.9 Å². The zero-order chi connectivity index (χ0) is 50.6. The zero-order valence-corrected chi connectivity index (χ0v) is 38.2. The fourth-order valence-corrected chi connectivity index (χ4v) is 11.3. The lowest BCUT2D eigenvalue weighted by molar-refractivity contribution is -0.394. The van der Waals surface area contributed by atoms with Gasteiger partial charge in [-0.25, -0.2) is 0 Å². The van der Waals surface area contributed by atoms with E-state index in [0.29, 0.717) is 4.90 Å². The highest BCUT2D eigenvalue weighted by atomic mass is 32.2. The minimum atomic E-state index is -2.06. The summed E-state index contributed by atoms with van der Waals surface area (Å²) >= 11 is 0.993. The molecule has 28 nitrogen and oxygen atoms in total. The summed E-state index contributed by atoms with van der Waals surface area (Å²) in [5, 5.41) is 166. The van der Waals surface area contributed by atoms with Crippen molar-refractivity contribution < 1.29 is 138 Å². The van der Waals surface area contributed by atoms with E-state index in [-0.39, 0.29) is 6.61 Å². The summed E-state index contributed by atoms with van der Waals surface area (Å²) in [6, 6.07) is 8.45. The molecular weight excluding hydrogens is 985 g/mol. The quantitative estimate of drug-likeness (QED) is 0.121. The fraction of sp³-hybridized carbons (Fsp3) is 0.857. The van der Waals surface area contributed by atoms with Crippen molar-refractivity contribution in [1.82, 2.24) is 0 Å². The molecule has 404 valence electrons. The molecule has 30 atom stereocenters. The van der Waals surface area contributed by atoms with Gasteiger partial charge in [-0.15, -0.1) is 11.8 Å². The first-order valence-corrected chi connectivity index (χ1v) is 24.0. The molecule has 29 heteroatoms. The Kier molecular flexibility index (Phi) is 17.5. The maximum Gasteiger partial charge on any atom is 0.187 e. The normalized spacial score (nSPS) is 52.8. The number of benzene rings is 1. The lowest BCUT2D eigenvalue weighted by atomic mass is 9.95. The molecule has 25 heterocycles. The molecule has 1 aromatic rings. The van der Waals surface area contributed by atoms with Crippen molar-refractivity contribution >= 4 is 11.8 Å². The van der Waals surface area contributed by atoms with Gasteiger partial charge < -0.3 is 138 Å². The van der Waals surface area contributed by atoms with Crippen LogP contribution in [0.1, 0.15) is 0 Å². The van der Waals surface area contributed by atoms with Crippen molar-refractivity contribution in [1.29, 1.82) is 0 Å². The van der Waals surface area contributed by atoms with E-state index >= 15 is 0 Å². The summed E-state index contributed by atoms with van der Waals surface area (Å²) in [7, 11) is 0. The van der Waals surface area contributed by atoms with Gasteiger partial charge in [-0.2, -0.15) is 0 Å². The molecule has 71 heavy (non-hydrogen) atoms. The molecule has 25 aliphatic heterocycles. The molecule has 25 aliphatic rings. The molecular formula is C42H62O28S. The second-order valence-corrected chi connectivity index (χ2v) is 19.6. The van der Waals surface area contributed by atoms with Crippen LogP contribution in [0, 0.1) is 0 Å². The maximum absolute atomic E-state index is 12.0. The molecule has 14 bridgehead atoms. The van der Waals surface area contributed by atoms with E-state index in [0.717, 1.165) is 11.8 Å². The summed E-state index contributed by atoms with van der Waals surface area (Å²) < 4.78 is 76.8. The Morgan fingerprint density at radius 1 is 0.338 bits per heavy atom. The predicted molar refractivity (Wildman–Crippen MR) is 223 cm³/mol. The van der Waals surface area contributed by atoms with Crippen LogP contribution in [-0.4, -0.2) is 300 Å². The Morgan fingerprint density at radius 3 is 1.04 bits per heavy atom. The Bertz CT molecular complexity index is 1840. The molecule has 25 fully saturated rings. The van der Waals surface area contributed by atoms with Crippen LogP contribution in [-0.2, 0) is 61.6 Å². The minimum Gasteiger partial charge on any atom is -0.394 e. The van der Waals surface area contributed by atoms with Crippen molar-refractivity contribution in [2.24, 2.45) is 0 Å². The molecule has 0 aliphatic carbocycles. The molecule has 0 radical (unpaired) electrons. The summed E-state index contributed by atoms with van der Waals surface area (Å²) in [5.41, 5.74) is 0. The topological polar surface area (TPSA) is 423 Å². The molecule has 0 amide bonds. The summed E-state index contributed by atoms with van der Waals surface area (Å²) in [6.07, 6.45) is -50.1. The van der Waals surface area contributed by atoms with E-state index in [1.807, 2.05) is 0 Å². The Balaban J connectivity index is 1.03. The summed E-state index contributed by atoms with van der Waals surface area (Å²) in [4.78, 5) is 0.536. The van der Waals surface area contributed by atoms with Gasteiger partial charge in [-0.1, -0.05) is 18.2 Å². The van der Waals surface area contributed by atoms with Crippen LogP contribution in [0.2, 0.25) is 0 Å². The van der Waals surface area contributed by atoms with Crippen molar-refractivity contribution in [2.45, 2.75) is 188 Å². The highest BCUT2D eigenvalue weighted by Crippen LogP contribution is 2.42. The van der Waals surface area contributed by atoms with Crippen molar-refractivity contribution in [3.63, 3.8) is 0 Å². The molecule has 0 unspecified atom stereocenters. The number of rotatable bonds is 7. The van der Waals surface area contributed by atoms with E-state index < -0.39 is 216 Å². The lowest BCUT2D eigenvalue weighted by Crippen LogP contribution is -2.68. The first-order chi connectivity index (χ1) is 34.1. The maximum atomic E-state index is 12.0. The highest BCUT2D eigenvalue weighted by molar-refractivity contribution is 8.00. The van der Waals surface area contributed by atoms with Gasteiger partial charge in [0.15, 0.2) is 37.7 Å². The average Bonchev–Trinajstić information content (AvgIpc) is 3.69. The third-order valence-electron chi connectivity index (χ3n) is 13.9. The van der Waals surface area contributed by atoms with Crippen molar-refractivity contribution in [3.05, 3.63) is 30.3 Å². The Labute approximate surface area is 407 Å². The largest absolute Gasteiger partial charge is 0.394 e. The van der Waals surface area contributed by atoms with E-state index in [2.05, 4.69) is 0 Å². The van der Waals surface area contributed by atoms with Crippen LogP contribution in [0.5, 0.6) is 0 Å². The number of ether oxygens (including phenoxy) is 13. The van der Waals surface area contributed by atoms with Gasteiger partial charge >= 0.3 is 0 Å². The van der Waals surface area contributed by atoms with Crippen molar-refractivity contribution in [3.8, 4) is 0 Å². The molecule has 0 aromatic heterocycles. The molecule has 15 N–H and O–H groups in total. The van der Waals surface area contributed by atoms with Gasteiger partial charge in [0, 0.05) is 4.90 Å². The van der Waals surface area contributed by atoms with Gasteiger partial charge in [-0.3, -0.25) is 0 Å². The lowest BCUT2D eigenvalue weighted by Gasteiger charge is -2.50. The second-order valence-electron chi connectivity index (χ2n) is 18.4. The van der Waals surface area contributed by atoms with Crippen LogP contribution >= 0.6 is 11.8 Å². The standard InChI is InChI=1S/C42H62O28S/c43-6-13-29-21(50)25(54)39(61-13)69-33-18-11-58-35(33)27(56)41(64-18)67-31-15(8-45)59-37(23(52)19(31)48)66-30-14(7-44)62-40(26(55)22(30)51)70-34-17(10-47)63-42(28(57)36(34)71-12-4-2-1-3-5-12)68-32-16(9-46)60-38(65-29)24(53)20(32)49/h1-5,13-57H,6-11H2/t13-,14-,15-,16-,17-,18-,19-,20-,21-,22-,23-,24-,25-,26-,27-,28+,29-,30-,31-,32-,33-,34-,35-,36+,37-,38-,39-,40-,41-,42-/m1/s1. The molecule has 0 saturated carbocycles. The summed E-state index contributed by atoms with van der Waals surface area (Å²) in [5.74, 6) is 0. The number of aliphatic hydroxyl groups is 15. The van der Waals surface area contributed by atoms with Crippen LogP contribution in [0.15, 0.2) is 35.2 Å². The summed E-state index contributed by atoms with van der Waals surface area (Å²) in [6.45, 7) is -4.71. The molecule has 1 aromatic carbocycles. The van der Waals surface area contributed by atoms with E-state index in [9.17, 15) is 76.6 Å². The molecule has 26 rings (SSSR count). The number of aliphatic hydroxyl groups excluding tert-OH is 15. The first kappa shape index (κ1) is 54.2.